The summed E-state index contributed by atoms with van der Waals surface area (Å²) < 4.78 is 14.4. The monoisotopic (exact) mass is 424 g/mol. The second-order valence-electron chi connectivity index (χ2n) is 7.63. The lowest BCUT2D eigenvalue weighted by Gasteiger charge is -2.36. The number of piperazine rings is 1. The molecule has 0 unspecified atom stereocenters. The third-order valence-electron chi connectivity index (χ3n) is 5.66. The number of aryl methyl sites for hydroxylation is 2. The van der Waals surface area contributed by atoms with Crippen LogP contribution in [0.2, 0.25) is 0 Å². The Labute approximate surface area is 177 Å². The highest BCUT2D eigenvalue weighted by atomic mass is 19.1. The van der Waals surface area contributed by atoms with E-state index in [1.54, 1.807) is 15.9 Å². The number of rotatable bonds is 3. The summed E-state index contributed by atoms with van der Waals surface area (Å²) in [5.74, 6) is -0.639. The topological polar surface area (TPSA) is 88.7 Å². The van der Waals surface area contributed by atoms with Crippen molar-refractivity contribution in [1.82, 2.24) is 9.47 Å². The molecule has 1 fully saturated rings. The summed E-state index contributed by atoms with van der Waals surface area (Å²) in [6, 6.07) is 10.8. The second-order valence-corrected chi connectivity index (χ2v) is 7.63. The van der Waals surface area contributed by atoms with E-state index in [4.69, 9.17) is 0 Å². The molecular formula is C22H21FN4O4. The molecule has 8 nitrogen and oxygen atoms in total. The van der Waals surface area contributed by atoms with Crippen molar-refractivity contribution in [3.63, 3.8) is 0 Å². The molecule has 1 amide bonds. The lowest BCUT2D eigenvalue weighted by Crippen LogP contribution is -2.49. The summed E-state index contributed by atoms with van der Waals surface area (Å²) >= 11 is 0. The van der Waals surface area contributed by atoms with Gasteiger partial charge in [0.15, 0.2) is 0 Å². The van der Waals surface area contributed by atoms with Crippen LogP contribution in [0.4, 0.5) is 15.8 Å². The molecule has 9 heteroatoms. The average Bonchev–Trinajstić information content (AvgIpc) is 2.76. The zero-order valence-corrected chi connectivity index (χ0v) is 17.2. The summed E-state index contributed by atoms with van der Waals surface area (Å²) in [5.41, 5.74) is 1.09. The second kappa shape index (κ2) is 7.82. The number of hydrogen-bond donors (Lipinski definition) is 0. The number of carbonyl (C=O) groups excluding carboxylic acids is 1. The molecule has 31 heavy (non-hydrogen) atoms. The Bertz CT molecular complexity index is 1250. The van der Waals surface area contributed by atoms with E-state index in [-0.39, 0.29) is 5.91 Å². The minimum Gasteiger partial charge on any atom is -0.362 e. The largest absolute Gasteiger partial charge is 0.362 e. The van der Waals surface area contributed by atoms with Crippen molar-refractivity contribution >= 4 is 28.2 Å². The van der Waals surface area contributed by atoms with Gasteiger partial charge >= 0.3 is 11.2 Å². The average molecular weight is 424 g/mol. The van der Waals surface area contributed by atoms with Gasteiger partial charge in [-0.05, 0) is 43.3 Å². The SMILES string of the molecule is Cc1ccc2c(c1)c(N1CCN(C(=O)c3ccc(F)cc3)CC1)c([N+](=O)[O-])c(=O)n2C. The number of nitro groups is 1. The molecule has 1 saturated heterocycles. The highest BCUT2D eigenvalue weighted by molar-refractivity contribution is 5.98. The van der Waals surface area contributed by atoms with E-state index in [0.29, 0.717) is 48.3 Å². The fourth-order valence-electron chi connectivity index (χ4n) is 4.02. The van der Waals surface area contributed by atoms with Crippen molar-refractivity contribution in [1.29, 1.82) is 0 Å². The molecule has 0 radical (unpaired) electrons. The van der Waals surface area contributed by atoms with Crippen LogP contribution in [0, 0.1) is 22.9 Å². The molecule has 0 N–H and O–H groups in total. The fraction of sp³-hybridized carbons (Fsp3) is 0.273. The maximum Gasteiger partial charge on any atom is 0.357 e. The normalized spacial score (nSPS) is 14.2. The standard InChI is InChI=1S/C22H21FN4O4/c1-14-3-8-18-17(13-14)19(20(27(30)31)22(29)24(18)2)25-9-11-26(12-10-25)21(28)15-4-6-16(23)7-5-15/h3-8,13H,9-12H2,1-2H3. The van der Waals surface area contributed by atoms with Crippen LogP contribution in [0.1, 0.15) is 15.9 Å². The number of halogens is 1. The molecule has 0 aliphatic carbocycles. The molecule has 2 heterocycles. The van der Waals surface area contributed by atoms with E-state index in [1.807, 2.05) is 19.1 Å². The van der Waals surface area contributed by atoms with Crippen molar-refractivity contribution < 1.29 is 14.1 Å². The van der Waals surface area contributed by atoms with Crippen LogP contribution in [-0.2, 0) is 7.05 Å². The van der Waals surface area contributed by atoms with Crippen molar-refractivity contribution in [2.45, 2.75) is 6.92 Å². The lowest BCUT2D eigenvalue weighted by molar-refractivity contribution is -0.385. The summed E-state index contributed by atoms with van der Waals surface area (Å²) in [4.78, 5) is 40.1. The Hall–Kier alpha value is -3.75. The Morgan fingerprint density at radius 3 is 2.32 bits per heavy atom. The quantitative estimate of drug-likeness (QED) is 0.477. The van der Waals surface area contributed by atoms with Gasteiger partial charge in [-0.2, -0.15) is 0 Å². The van der Waals surface area contributed by atoms with E-state index in [0.717, 1.165) is 5.56 Å². The van der Waals surface area contributed by atoms with Crippen molar-refractivity contribution in [2.75, 3.05) is 31.1 Å². The zero-order valence-electron chi connectivity index (χ0n) is 17.2. The van der Waals surface area contributed by atoms with Crippen LogP contribution in [-0.4, -0.2) is 46.5 Å². The molecule has 0 saturated carbocycles. The van der Waals surface area contributed by atoms with Gasteiger partial charge in [-0.3, -0.25) is 19.7 Å². The number of benzene rings is 2. The third-order valence-corrected chi connectivity index (χ3v) is 5.66. The Kier molecular flexibility index (Phi) is 5.18. The maximum atomic E-state index is 13.1. The Balaban J connectivity index is 1.69. The molecular weight excluding hydrogens is 403 g/mol. The molecule has 0 atom stereocenters. The molecule has 1 aromatic heterocycles. The van der Waals surface area contributed by atoms with Gasteiger partial charge in [0.2, 0.25) is 0 Å². The van der Waals surface area contributed by atoms with E-state index in [9.17, 15) is 24.1 Å². The van der Waals surface area contributed by atoms with Crippen molar-refractivity contribution in [3.05, 3.63) is 79.9 Å². The molecule has 2 aromatic carbocycles. The first-order chi connectivity index (χ1) is 14.8. The molecule has 0 spiro atoms. The van der Waals surface area contributed by atoms with E-state index < -0.39 is 22.0 Å². The van der Waals surface area contributed by atoms with Gasteiger partial charge in [0.1, 0.15) is 11.5 Å². The molecule has 4 rings (SSSR count). The minimum atomic E-state index is -0.666. The lowest BCUT2D eigenvalue weighted by atomic mass is 10.1. The third kappa shape index (κ3) is 3.63. The van der Waals surface area contributed by atoms with Gasteiger partial charge in [0, 0.05) is 44.2 Å². The molecule has 1 aliphatic heterocycles. The van der Waals surface area contributed by atoms with Crippen LogP contribution in [0.15, 0.2) is 47.3 Å². The van der Waals surface area contributed by atoms with Crippen LogP contribution in [0.5, 0.6) is 0 Å². The number of anilines is 1. The van der Waals surface area contributed by atoms with Crippen LogP contribution in [0.3, 0.4) is 0 Å². The summed E-state index contributed by atoms with van der Waals surface area (Å²) in [6.45, 7) is 3.22. The molecule has 3 aromatic rings. The Morgan fingerprint density at radius 1 is 1.06 bits per heavy atom. The number of fused-ring (bicyclic) bond motifs is 1. The van der Waals surface area contributed by atoms with Gasteiger partial charge in [0.25, 0.3) is 5.91 Å². The number of amides is 1. The Morgan fingerprint density at radius 2 is 1.71 bits per heavy atom. The number of carbonyl (C=O) groups is 1. The first-order valence-electron chi connectivity index (χ1n) is 9.85. The van der Waals surface area contributed by atoms with Crippen molar-refractivity contribution in [3.8, 4) is 0 Å². The highest BCUT2D eigenvalue weighted by Gasteiger charge is 2.31. The van der Waals surface area contributed by atoms with Crippen LogP contribution in [0.25, 0.3) is 10.9 Å². The van der Waals surface area contributed by atoms with Crippen LogP contribution < -0.4 is 10.5 Å². The van der Waals surface area contributed by atoms with Gasteiger partial charge in [-0.25, -0.2) is 4.39 Å². The molecule has 160 valence electrons. The smallest absolute Gasteiger partial charge is 0.357 e. The highest BCUT2D eigenvalue weighted by Crippen LogP contribution is 2.34. The maximum absolute atomic E-state index is 13.1. The fourth-order valence-corrected chi connectivity index (χ4v) is 4.02. The first-order valence-corrected chi connectivity index (χ1v) is 9.85. The van der Waals surface area contributed by atoms with E-state index in [2.05, 4.69) is 0 Å². The predicted molar refractivity (Wildman–Crippen MR) is 115 cm³/mol. The van der Waals surface area contributed by atoms with Gasteiger partial charge in [-0.15, -0.1) is 0 Å². The number of aromatic nitrogens is 1. The number of nitrogens with zero attached hydrogens (tertiary/aromatic N) is 4. The molecule has 1 aliphatic rings. The number of hydrogen-bond acceptors (Lipinski definition) is 5. The van der Waals surface area contributed by atoms with Crippen LogP contribution >= 0.6 is 0 Å². The van der Waals surface area contributed by atoms with E-state index in [1.165, 1.54) is 35.9 Å². The van der Waals surface area contributed by atoms with Gasteiger partial charge < -0.3 is 14.4 Å². The minimum absolute atomic E-state index is 0.223. The summed E-state index contributed by atoms with van der Waals surface area (Å²) in [7, 11) is 1.52. The van der Waals surface area contributed by atoms with Crippen molar-refractivity contribution in [2.24, 2.45) is 7.05 Å². The summed E-state index contributed by atoms with van der Waals surface area (Å²) in [5, 5.41) is 12.5. The van der Waals surface area contributed by atoms with Gasteiger partial charge in [-0.1, -0.05) is 11.6 Å². The predicted octanol–water partition coefficient (Wildman–Crippen LogP) is 2.86. The first kappa shape index (κ1) is 20.5. The summed E-state index contributed by atoms with van der Waals surface area (Å²) in [6.07, 6.45) is 0. The number of pyridine rings is 1. The van der Waals surface area contributed by atoms with E-state index >= 15 is 0 Å². The molecule has 0 bridgehead atoms. The van der Waals surface area contributed by atoms with Gasteiger partial charge in [0.05, 0.1) is 10.4 Å². The zero-order chi connectivity index (χ0) is 22.3.